The average Bonchev–Trinajstić information content (AvgIpc) is 2.77. The molecule has 0 amide bonds. The summed E-state index contributed by atoms with van der Waals surface area (Å²) in [6.45, 7) is 6.60. The second-order valence-electron chi connectivity index (χ2n) is 6.34. The van der Waals surface area contributed by atoms with Crippen LogP contribution in [0.1, 0.15) is 55.3 Å². The van der Waals surface area contributed by atoms with Crippen molar-refractivity contribution < 1.29 is 9.90 Å². The molecule has 3 unspecified atom stereocenters. The van der Waals surface area contributed by atoms with E-state index in [9.17, 15) is 9.90 Å². The molecule has 1 heterocycles. The monoisotopic (exact) mass is 286 g/mol. The average molecular weight is 286 g/mol. The Bertz CT molecular complexity index is 689. The van der Waals surface area contributed by atoms with Gasteiger partial charge in [0.2, 0.25) is 0 Å². The summed E-state index contributed by atoms with van der Waals surface area (Å²) in [5, 5.41) is 9.34. The van der Waals surface area contributed by atoms with E-state index < -0.39 is 5.97 Å². The fourth-order valence-electron chi connectivity index (χ4n) is 3.74. The fraction of sp³-hybridized carbons (Fsp3) is 0.529. The number of carbonyl (C=O) groups is 1. The molecule has 0 spiro atoms. The highest BCUT2D eigenvalue weighted by atomic mass is 16.4. The van der Waals surface area contributed by atoms with Gasteiger partial charge in [-0.25, -0.2) is 9.78 Å². The first-order chi connectivity index (χ1) is 10.0. The van der Waals surface area contributed by atoms with Crippen molar-refractivity contribution in [2.24, 2.45) is 11.8 Å². The van der Waals surface area contributed by atoms with Gasteiger partial charge in [0.25, 0.3) is 0 Å². The summed E-state index contributed by atoms with van der Waals surface area (Å²) in [5.41, 5.74) is 1.87. The number of hydrogen-bond acceptors (Lipinski definition) is 2. The summed E-state index contributed by atoms with van der Waals surface area (Å²) < 4.78 is 2.27. The first-order valence-electron chi connectivity index (χ1n) is 7.71. The van der Waals surface area contributed by atoms with Gasteiger partial charge in [0, 0.05) is 6.04 Å². The lowest BCUT2D eigenvalue weighted by Gasteiger charge is -2.36. The van der Waals surface area contributed by atoms with E-state index in [1.165, 1.54) is 12.8 Å². The van der Waals surface area contributed by atoms with Crippen molar-refractivity contribution in [1.82, 2.24) is 9.55 Å². The van der Waals surface area contributed by atoms with E-state index in [4.69, 9.17) is 0 Å². The molecule has 1 aliphatic rings. The number of nitrogens with zero attached hydrogens (tertiary/aromatic N) is 2. The first-order valence-corrected chi connectivity index (χ1v) is 7.71. The summed E-state index contributed by atoms with van der Waals surface area (Å²) >= 11 is 0. The Morgan fingerprint density at radius 2 is 2.10 bits per heavy atom. The maximum Gasteiger partial charge on any atom is 0.337 e. The van der Waals surface area contributed by atoms with Crippen LogP contribution in [0.5, 0.6) is 0 Å². The van der Waals surface area contributed by atoms with Crippen molar-refractivity contribution >= 4 is 17.0 Å². The molecule has 3 rings (SSSR count). The molecule has 1 aliphatic carbocycles. The smallest absolute Gasteiger partial charge is 0.337 e. The van der Waals surface area contributed by atoms with Crippen LogP contribution in [0.25, 0.3) is 11.0 Å². The number of carboxylic acid groups (broad SMARTS) is 1. The van der Waals surface area contributed by atoms with E-state index in [0.717, 1.165) is 17.8 Å². The second-order valence-corrected chi connectivity index (χ2v) is 6.34. The minimum Gasteiger partial charge on any atom is -0.478 e. The van der Waals surface area contributed by atoms with Crippen LogP contribution in [0, 0.1) is 18.8 Å². The number of carboxylic acids is 1. The molecule has 2 aromatic rings. The van der Waals surface area contributed by atoms with Crippen LogP contribution in [0.15, 0.2) is 18.2 Å². The highest BCUT2D eigenvalue weighted by Gasteiger charge is 2.30. The van der Waals surface area contributed by atoms with Crippen molar-refractivity contribution in [2.45, 2.75) is 46.1 Å². The molecule has 4 heteroatoms. The van der Waals surface area contributed by atoms with E-state index in [0.29, 0.717) is 29.0 Å². The third kappa shape index (κ3) is 2.23. The molecule has 1 fully saturated rings. The van der Waals surface area contributed by atoms with Gasteiger partial charge in [0.15, 0.2) is 0 Å². The normalized spacial score (nSPS) is 26.1. The lowest BCUT2D eigenvalue weighted by Crippen LogP contribution is -2.27. The Hall–Kier alpha value is -1.84. The van der Waals surface area contributed by atoms with E-state index in [-0.39, 0.29) is 0 Å². The number of fused-ring (bicyclic) bond motifs is 1. The van der Waals surface area contributed by atoms with E-state index in [1.54, 1.807) is 6.07 Å². The molecule has 1 aromatic heterocycles. The summed E-state index contributed by atoms with van der Waals surface area (Å²) in [6.07, 6.45) is 3.66. The van der Waals surface area contributed by atoms with Crippen molar-refractivity contribution in [3.8, 4) is 0 Å². The fourth-order valence-corrected chi connectivity index (χ4v) is 3.74. The number of benzene rings is 1. The Balaban J connectivity index is 2.17. The van der Waals surface area contributed by atoms with Gasteiger partial charge >= 0.3 is 5.97 Å². The summed E-state index contributed by atoms with van der Waals surface area (Å²) in [4.78, 5) is 15.9. The van der Waals surface area contributed by atoms with Crippen LogP contribution in [-0.4, -0.2) is 20.6 Å². The van der Waals surface area contributed by atoms with Crippen molar-refractivity contribution in [1.29, 1.82) is 0 Å². The Morgan fingerprint density at radius 3 is 2.81 bits per heavy atom. The van der Waals surface area contributed by atoms with Crippen molar-refractivity contribution in [2.75, 3.05) is 0 Å². The number of hydrogen-bond donors (Lipinski definition) is 1. The van der Waals surface area contributed by atoms with Gasteiger partial charge in [0.05, 0.1) is 11.1 Å². The van der Waals surface area contributed by atoms with Crippen LogP contribution in [0.2, 0.25) is 0 Å². The maximum atomic E-state index is 11.4. The molecular formula is C17H22N2O2. The van der Waals surface area contributed by atoms with Gasteiger partial charge in [-0.15, -0.1) is 0 Å². The van der Waals surface area contributed by atoms with Crippen LogP contribution >= 0.6 is 0 Å². The zero-order valence-electron chi connectivity index (χ0n) is 12.8. The summed E-state index contributed by atoms with van der Waals surface area (Å²) in [6, 6.07) is 5.87. The molecule has 1 N–H and O–H groups in total. The Labute approximate surface area is 124 Å². The standard InChI is InChI=1S/C17H22N2O2/c1-10-6-4-8-14(11(10)2)19-12(3)18-16-13(17(20)21)7-5-9-15(16)19/h5,7,9-11,14H,4,6,8H2,1-3H3,(H,20,21). The maximum absolute atomic E-state index is 11.4. The largest absolute Gasteiger partial charge is 0.478 e. The number of para-hydroxylation sites is 1. The lowest BCUT2D eigenvalue weighted by molar-refractivity contribution is 0.0699. The van der Waals surface area contributed by atoms with Crippen LogP contribution in [-0.2, 0) is 0 Å². The topological polar surface area (TPSA) is 55.1 Å². The third-order valence-electron chi connectivity index (χ3n) is 5.12. The minimum atomic E-state index is -0.907. The van der Waals surface area contributed by atoms with E-state index >= 15 is 0 Å². The number of aromatic carboxylic acids is 1. The number of imidazole rings is 1. The molecule has 0 bridgehead atoms. The van der Waals surface area contributed by atoms with Gasteiger partial charge < -0.3 is 9.67 Å². The predicted octanol–water partition coefficient (Wildman–Crippen LogP) is 4.04. The Kier molecular flexibility index (Phi) is 3.47. The van der Waals surface area contributed by atoms with Gasteiger partial charge in [-0.1, -0.05) is 32.8 Å². The predicted molar refractivity (Wildman–Crippen MR) is 82.6 cm³/mol. The molecule has 0 aliphatic heterocycles. The highest BCUT2D eigenvalue weighted by Crippen LogP contribution is 2.40. The van der Waals surface area contributed by atoms with E-state index in [2.05, 4.69) is 23.4 Å². The molecule has 112 valence electrons. The van der Waals surface area contributed by atoms with Crippen molar-refractivity contribution in [3.05, 3.63) is 29.6 Å². The first kappa shape index (κ1) is 14.1. The zero-order valence-corrected chi connectivity index (χ0v) is 12.8. The molecule has 4 nitrogen and oxygen atoms in total. The molecule has 1 saturated carbocycles. The zero-order chi connectivity index (χ0) is 15.1. The highest BCUT2D eigenvalue weighted by molar-refractivity contribution is 6.01. The number of aromatic nitrogens is 2. The third-order valence-corrected chi connectivity index (χ3v) is 5.12. The molecule has 0 saturated heterocycles. The molecule has 0 radical (unpaired) electrons. The summed E-state index contributed by atoms with van der Waals surface area (Å²) in [7, 11) is 0. The van der Waals surface area contributed by atoms with Gasteiger partial charge in [-0.05, 0) is 37.3 Å². The van der Waals surface area contributed by atoms with Crippen LogP contribution in [0.3, 0.4) is 0 Å². The van der Waals surface area contributed by atoms with Gasteiger partial charge in [-0.2, -0.15) is 0 Å². The number of aryl methyl sites for hydroxylation is 1. The SMILES string of the molecule is Cc1nc2c(C(=O)O)cccc2n1C1CCCC(C)C1C. The van der Waals surface area contributed by atoms with Crippen molar-refractivity contribution in [3.63, 3.8) is 0 Å². The van der Waals surface area contributed by atoms with Gasteiger partial charge in [-0.3, -0.25) is 0 Å². The Morgan fingerprint density at radius 1 is 1.33 bits per heavy atom. The van der Waals surface area contributed by atoms with Crippen LogP contribution < -0.4 is 0 Å². The van der Waals surface area contributed by atoms with E-state index in [1.807, 2.05) is 19.1 Å². The molecule has 3 atom stereocenters. The quantitative estimate of drug-likeness (QED) is 0.906. The lowest BCUT2D eigenvalue weighted by atomic mass is 9.78. The minimum absolute atomic E-state index is 0.297. The summed E-state index contributed by atoms with van der Waals surface area (Å²) in [5.74, 6) is 1.30. The molecule has 1 aromatic carbocycles. The van der Waals surface area contributed by atoms with Gasteiger partial charge in [0.1, 0.15) is 11.3 Å². The van der Waals surface area contributed by atoms with Crippen LogP contribution in [0.4, 0.5) is 0 Å². The second kappa shape index (κ2) is 5.17. The molecular weight excluding hydrogens is 264 g/mol. The number of rotatable bonds is 2. The molecule has 21 heavy (non-hydrogen) atoms.